The molecule has 7 heteroatoms. The first-order valence-electron chi connectivity index (χ1n) is 6.81. The zero-order chi connectivity index (χ0) is 16.7. The van der Waals surface area contributed by atoms with Crippen LogP contribution in [0.15, 0.2) is 48.5 Å². The summed E-state index contributed by atoms with van der Waals surface area (Å²) < 4.78 is 0. The molecule has 3 amide bonds. The zero-order valence-corrected chi connectivity index (χ0v) is 13.8. The minimum absolute atomic E-state index is 0.0901. The molecular weight excluding hydrogens is 334 g/mol. The summed E-state index contributed by atoms with van der Waals surface area (Å²) in [6.07, 6.45) is 0. The highest BCUT2D eigenvalue weighted by atomic mass is 35.5. The van der Waals surface area contributed by atoms with Gasteiger partial charge in [-0.15, -0.1) is 11.8 Å². The summed E-state index contributed by atoms with van der Waals surface area (Å²) >= 11 is 7.43. The molecule has 0 atom stereocenters. The third-order valence-electron chi connectivity index (χ3n) is 2.83. The summed E-state index contributed by atoms with van der Waals surface area (Å²) in [5.74, 6) is 0.969. The lowest BCUT2D eigenvalue weighted by Crippen LogP contribution is -2.19. The molecule has 2 aromatic rings. The van der Waals surface area contributed by atoms with E-state index in [2.05, 4.69) is 10.6 Å². The van der Waals surface area contributed by atoms with Crippen LogP contribution in [0.4, 0.5) is 16.2 Å². The molecule has 0 heterocycles. The maximum atomic E-state index is 11.9. The Bertz CT molecular complexity index is 692. The van der Waals surface area contributed by atoms with Gasteiger partial charge in [-0.1, -0.05) is 23.7 Å². The molecule has 0 saturated carbocycles. The topological polar surface area (TPSA) is 84.2 Å². The molecule has 4 N–H and O–H groups in total. The van der Waals surface area contributed by atoms with Crippen LogP contribution in [0.5, 0.6) is 0 Å². The van der Waals surface area contributed by atoms with E-state index in [9.17, 15) is 9.59 Å². The third-order valence-corrected chi connectivity index (χ3v) is 4.07. The van der Waals surface area contributed by atoms with Crippen LogP contribution in [0.2, 0.25) is 5.02 Å². The summed E-state index contributed by atoms with van der Waals surface area (Å²) in [4.78, 5) is 22.6. The number of anilines is 2. The minimum Gasteiger partial charge on any atom is -0.351 e. The van der Waals surface area contributed by atoms with Gasteiger partial charge in [0.2, 0.25) is 5.91 Å². The molecule has 0 spiro atoms. The number of benzene rings is 2. The van der Waals surface area contributed by atoms with Crippen LogP contribution in [0.1, 0.15) is 5.56 Å². The van der Waals surface area contributed by atoms with Crippen LogP contribution in [-0.2, 0) is 10.5 Å². The Morgan fingerprint density at radius 1 is 1.04 bits per heavy atom. The number of amides is 3. The normalized spacial score (nSPS) is 10.1. The van der Waals surface area contributed by atoms with Gasteiger partial charge >= 0.3 is 6.03 Å². The fourth-order valence-electron chi connectivity index (χ4n) is 1.86. The number of primary amides is 1. The van der Waals surface area contributed by atoms with Crippen molar-refractivity contribution in [2.75, 3.05) is 16.4 Å². The summed E-state index contributed by atoms with van der Waals surface area (Å²) in [6.45, 7) is 0. The highest BCUT2D eigenvalue weighted by Crippen LogP contribution is 2.17. The van der Waals surface area contributed by atoms with Crippen LogP contribution in [-0.4, -0.2) is 17.7 Å². The van der Waals surface area contributed by atoms with E-state index in [0.717, 1.165) is 11.3 Å². The molecular formula is C16H16ClN3O2S. The molecule has 120 valence electrons. The van der Waals surface area contributed by atoms with Crippen molar-refractivity contribution in [2.24, 2.45) is 5.73 Å². The number of carbonyl (C=O) groups excluding carboxylic acids is 2. The fraction of sp³-hybridized carbons (Fsp3) is 0.125. The Hall–Kier alpha value is -2.18. The van der Waals surface area contributed by atoms with E-state index in [1.807, 2.05) is 24.3 Å². The fourth-order valence-corrected chi connectivity index (χ4v) is 2.85. The van der Waals surface area contributed by atoms with Gasteiger partial charge in [0.25, 0.3) is 0 Å². The second-order valence-corrected chi connectivity index (χ2v) is 6.16. The van der Waals surface area contributed by atoms with Crippen molar-refractivity contribution < 1.29 is 9.59 Å². The minimum atomic E-state index is -0.626. The molecule has 5 nitrogen and oxygen atoms in total. The van der Waals surface area contributed by atoms with Crippen molar-refractivity contribution in [3.05, 3.63) is 59.1 Å². The van der Waals surface area contributed by atoms with Gasteiger partial charge < -0.3 is 16.4 Å². The Morgan fingerprint density at radius 2 is 1.70 bits per heavy atom. The lowest BCUT2D eigenvalue weighted by molar-refractivity contribution is -0.113. The zero-order valence-electron chi connectivity index (χ0n) is 12.2. The molecule has 0 aromatic heterocycles. The van der Waals surface area contributed by atoms with Crippen molar-refractivity contribution in [3.63, 3.8) is 0 Å². The number of hydrogen-bond acceptors (Lipinski definition) is 3. The van der Waals surface area contributed by atoms with Crippen LogP contribution >= 0.6 is 23.4 Å². The Morgan fingerprint density at radius 3 is 2.30 bits per heavy atom. The average molecular weight is 350 g/mol. The van der Waals surface area contributed by atoms with Crippen LogP contribution in [0, 0.1) is 0 Å². The largest absolute Gasteiger partial charge is 0.351 e. The summed E-state index contributed by atoms with van der Waals surface area (Å²) in [5, 5.41) is 5.94. The van der Waals surface area contributed by atoms with Gasteiger partial charge in [-0.2, -0.15) is 0 Å². The van der Waals surface area contributed by atoms with E-state index in [1.54, 1.807) is 24.3 Å². The number of hydrogen-bond donors (Lipinski definition) is 3. The molecule has 2 rings (SSSR count). The SMILES string of the molecule is NC(=O)Nc1ccc(NC(=O)CSCc2cccc(Cl)c2)cc1. The lowest BCUT2D eigenvalue weighted by Gasteiger charge is -2.07. The number of urea groups is 1. The van der Waals surface area contributed by atoms with E-state index < -0.39 is 6.03 Å². The van der Waals surface area contributed by atoms with Crippen LogP contribution in [0.3, 0.4) is 0 Å². The maximum Gasteiger partial charge on any atom is 0.316 e. The number of rotatable bonds is 6. The maximum absolute atomic E-state index is 11.9. The number of thioether (sulfide) groups is 1. The highest BCUT2D eigenvalue weighted by molar-refractivity contribution is 7.99. The number of carbonyl (C=O) groups is 2. The Labute approximate surface area is 143 Å². The number of halogens is 1. The van der Waals surface area contributed by atoms with E-state index in [4.69, 9.17) is 17.3 Å². The van der Waals surface area contributed by atoms with Gasteiger partial charge in [0.05, 0.1) is 5.75 Å². The smallest absolute Gasteiger partial charge is 0.316 e. The molecule has 0 saturated heterocycles. The Kier molecular flexibility index (Phi) is 6.31. The predicted molar refractivity (Wildman–Crippen MR) is 95.9 cm³/mol. The molecule has 0 unspecified atom stereocenters. The van der Waals surface area contributed by atoms with Crippen molar-refractivity contribution in [3.8, 4) is 0 Å². The van der Waals surface area contributed by atoms with Gasteiger partial charge in [-0.3, -0.25) is 4.79 Å². The molecule has 0 radical (unpaired) electrons. The molecule has 0 aliphatic rings. The average Bonchev–Trinajstić information content (AvgIpc) is 2.49. The van der Waals surface area contributed by atoms with Gasteiger partial charge in [0.15, 0.2) is 0 Å². The van der Waals surface area contributed by atoms with Crippen molar-refractivity contribution >= 4 is 46.7 Å². The van der Waals surface area contributed by atoms with Gasteiger partial charge in [0, 0.05) is 22.2 Å². The molecule has 0 fully saturated rings. The van der Waals surface area contributed by atoms with Crippen molar-refractivity contribution in [1.82, 2.24) is 0 Å². The quantitative estimate of drug-likeness (QED) is 0.743. The van der Waals surface area contributed by atoms with Gasteiger partial charge in [0.1, 0.15) is 0 Å². The van der Waals surface area contributed by atoms with Crippen molar-refractivity contribution in [2.45, 2.75) is 5.75 Å². The van der Waals surface area contributed by atoms with Crippen LogP contribution < -0.4 is 16.4 Å². The van der Waals surface area contributed by atoms with E-state index in [0.29, 0.717) is 22.2 Å². The number of nitrogens with two attached hydrogens (primary N) is 1. The van der Waals surface area contributed by atoms with Crippen LogP contribution in [0.25, 0.3) is 0 Å². The predicted octanol–water partition coefficient (Wildman–Crippen LogP) is 3.70. The first-order chi connectivity index (χ1) is 11.0. The molecule has 2 aromatic carbocycles. The summed E-state index contributed by atoms with van der Waals surface area (Å²) in [5.41, 5.74) is 7.34. The second kappa shape index (κ2) is 8.45. The van der Waals surface area contributed by atoms with Gasteiger partial charge in [-0.25, -0.2) is 4.79 Å². The summed E-state index contributed by atoms with van der Waals surface area (Å²) in [7, 11) is 0. The van der Waals surface area contributed by atoms with Crippen molar-refractivity contribution in [1.29, 1.82) is 0 Å². The molecule has 23 heavy (non-hydrogen) atoms. The second-order valence-electron chi connectivity index (χ2n) is 4.74. The summed E-state index contributed by atoms with van der Waals surface area (Å²) in [6, 6.07) is 13.7. The van der Waals surface area contributed by atoms with E-state index in [1.165, 1.54) is 11.8 Å². The lowest BCUT2D eigenvalue weighted by atomic mass is 10.2. The Balaban J connectivity index is 1.77. The molecule has 0 aliphatic carbocycles. The highest BCUT2D eigenvalue weighted by Gasteiger charge is 2.04. The van der Waals surface area contributed by atoms with Gasteiger partial charge in [-0.05, 0) is 42.0 Å². The third kappa shape index (κ3) is 6.22. The molecule has 0 bridgehead atoms. The monoisotopic (exact) mass is 349 g/mol. The van der Waals surface area contributed by atoms with E-state index in [-0.39, 0.29) is 5.91 Å². The molecule has 0 aliphatic heterocycles. The van der Waals surface area contributed by atoms with E-state index >= 15 is 0 Å². The number of nitrogens with one attached hydrogen (secondary N) is 2. The first-order valence-corrected chi connectivity index (χ1v) is 8.35. The standard InChI is InChI=1S/C16H16ClN3O2S/c17-12-3-1-2-11(8-12)9-23-10-15(21)19-13-4-6-14(7-5-13)20-16(18)22/h1-8H,9-10H2,(H,19,21)(H3,18,20,22). The first kappa shape index (κ1) is 17.2.